The standard InChI is InChI=1S/C15H14F3NO2.C3H8/c1-9-13(7-11(19)8-14(9)20-2)10-3-5-12(6-4-10)21-15(16,17)18;1-3-2/h3-8H,19H2,1-2H3;3H2,1-2H3. The van der Waals surface area contributed by atoms with E-state index in [-0.39, 0.29) is 5.75 Å². The number of ether oxygens (including phenoxy) is 2. The monoisotopic (exact) mass is 341 g/mol. The van der Waals surface area contributed by atoms with Crippen LogP contribution in [-0.4, -0.2) is 13.5 Å². The van der Waals surface area contributed by atoms with Crippen LogP contribution in [0, 0.1) is 6.92 Å². The molecule has 0 unspecified atom stereocenters. The molecule has 0 heterocycles. The molecule has 132 valence electrons. The highest BCUT2D eigenvalue weighted by atomic mass is 19.4. The van der Waals surface area contributed by atoms with Crippen molar-refractivity contribution in [1.29, 1.82) is 0 Å². The number of methoxy groups -OCH3 is 1. The summed E-state index contributed by atoms with van der Waals surface area (Å²) in [5.41, 5.74) is 8.70. The Bertz CT molecular complexity index is 653. The molecule has 0 bridgehead atoms. The quantitative estimate of drug-likeness (QED) is 0.743. The van der Waals surface area contributed by atoms with Gasteiger partial charge in [0.25, 0.3) is 0 Å². The van der Waals surface area contributed by atoms with Crippen LogP contribution < -0.4 is 15.2 Å². The average molecular weight is 341 g/mol. The number of rotatable bonds is 3. The molecule has 0 saturated carbocycles. The van der Waals surface area contributed by atoms with Gasteiger partial charge in [0.05, 0.1) is 7.11 Å². The molecule has 0 spiro atoms. The summed E-state index contributed by atoms with van der Waals surface area (Å²) < 4.78 is 45.4. The third kappa shape index (κ3) is 5.68. The van der Waals surface area contributed by atoms with Gasteiger partial charge < -0.3 is 15.2 Å². The van der Waals surface area contributed by atoms with Gasteiger partial charge in [-0.25, -0.2) is 0 Å². The number of hydrogen-bond acceptors (Lipinski definition) is 3. The summed E-state index contributed by atoms with van der Waals surface area (Å²) in [5.74, 6) is 0.361. The second-order valence-corrected chi connectivity index (χ2v) is 5.18. The highest BCUT2D eigenvalue weighted by Crippen LogP contribution is 2.34. The number of halogens is 3. The van der Waals surface area contributed by atoms with Crippen LogP contribution in [0.1, 0.15) is 25.8 Å². The van der Waals surface area contributed by atoms with E-state index in [1.807, 2.05) is 6.92 Å². The van der Waals surface area contributed by atoms with Crippen LogP contribution in [0.4, 0.5) is 18.9 Å². The predicted molar refractivity (Wildman–Crippen MR) is 90.2 cm³/mol. The minimum absolute atomic E-state index is 0.264. The van der Waals surface area contributed by atoms with Crippen LogP contribution in [-0.2, 0) is 0 Å². The maximum atomic E-state index is 12.1. The van der Waals surface area contributed by atoms with Crippen molar-refractivity contribution in [1.82, 2.24) is 0 Å². The smallest absolute Gasteiger partial charge is 0.496 e. The molecule has 2 rings (SSSR count). The van der Waals surface area contributed by atoms with Crippen molar-refractivity contribution in [2.24, 2.45) is 0 Å². The first-order chi connectivity index (χ1) is 11.2. The second-order valence-electron chi connectivity index (χ2n) is 5.18. The Labute approximate surface area is 140 Å². The molecule has 2 N–H and O–H groups in total. The summed E-state index contributed by atoms with van der Waals surface area (Å²) >= 11 is 0. The molecule has 2 aromatic carbocycles. The van der Waals surface area contributed by atoms with Gasteiger partial charge in [0.1, 0.15) is 11.5 Å². The normalized spacial score (nSPS) is 10.6. The number of benzene rings is 2. The first-order valence-electron chi connectivity index (χ1n) is 7.52. The molecule has 0 aromatic heterocycles. The van der Waals surface area contributed by atoms with Crippen LogP contribution in [0.25, 0.3) is 11.1 Å². The highest BCUT2D eigenvalue weighted by molar-refractivity contribution is 5.74. The molecule has 6 heteroatoms. The zero-order valence-corrected chi connectivity index (χ0v) is 14.2. The van der Waals surface area contributed by atoms with Crippen LogP contribution in [0.2, 0.25) is 0 Å². The van der Waals surface area contributed by atoms with Crippen molar-refractivity contribution < 1.29 is 22.6 Å². The number of hydrogen-bond donors (Lipinski definition) is 1. The van der Waals surface area contributed by atoms with Crippen molar-refractivity contribution in [3.05, 3.63) is 42.0 Å². The fourth-order valence-electron chi connectivity index (χ4n) is 2.06. The van der Waals surface area contributed by atoms with E-state index in [2.05, 4.69) is 18.6 Å². The van der Waals surface area contributed by atoms with Gasteiger partial charge in [-0.05, 0) is 41.8 Å². The summed E-state index contributed by atoms with van der Waals surface area (Å²) in [4.78, 5) is 0. The summed E-state index contributed by atoms with van der Waals surface area (Å²) in [6, 6.07) is 9.05. The van der Waals surface area contributed by atoms with Crippen LogP contribution in [0.5, 0.6) is 11.5 Å². The van der Waals surface area contributed by atoms with E-state index < -0.39 is 6.36 Å². The Morgan fingerprint density at radius 1 is 1.04 bits per heavy atom. The summed E-state index contributed by atoms with van der Waals surface area (Å²) in [6.07, 6.45) is -3.45. The first kappa shape index (κ1) is 19.7. The minimum Gasteiger partial charge on any atom is -0.496 e. The van der Waals surface area contributed by atoms with E-state index in [4.69, 9.17) is 10.5 Å². The van der Waals surface area contributed by atoms with Crippen LogP contribution in [0.3, 0.4) is 0 Å². The molecular weight excluding hydrogens is 319 g/mol. The van der Waals surface area contributed by atoms with Crippen LogP contribution >= 0.6 is 0 Å². The van der Waals surface area contributed by atoms with Crippen molar-refractivity contribution in [2.45, 2.75) is 33.6 Å². The lowest BCUT2D eigenvalue weighted by atomic mass is 9.99. The minimum atomic E-state index is -4.70. The fourth-order valence-corrected chi connectivity index (χ4v) is 2.06. The fraction of sp³-hybridized carbons (Fsp3) is 0.333. The first-order valence-corrected chi connectivity index (χ1v) is 7.52. The molecule has 0 saturated heterocycles. The van der Waals surface area contributed by atoms with E-state index in [0.29, 0.717) is 11.4 Å². The van der Waals surface area contributed by atoms with Gasteiger partial charge in [0.2, 0.25) is 0 Å². The number of nitrogens with two attached hydrogens (primary N) is 1. The highest BCUT2D eigenvalue weighted by Gasteiger charge is 2.30. The molecule has 0 radical (unpaired) electrons. The molecule has 2 aromatic rings. The van der Waals surface area contributed by atoms with E-state index in [9.17, 15) is 13.2 Å². The summed E-state index contributed by atoms with van der Waals surface area (Å²) in [6.45, 7) is 6.10. The van der Waals surface area contributed by atoms with Gasteiger partial charge in [-0.3, -0.25) is 0 Å². The zero-order chi connectivity index (χ0) is 18.3. The average Bonchev–Trinajstić information content (AvgIpc) is 2.49. The van der Waals surface area contributed by atoms with E-state index >= 15 is 0 Å². The van der Waals surface area contributed by atoms with E-state index in [1.54, 1.807) is 24.3 Å². The largest absolute Gasteiger partial charge is 0.573 e. The van der Waals surface area contributed by atoms with Crippen molar-refractivity contribution in [3.8, 4) is 22.6 Å². The van der Waals surface area contributed by atoms with E-state index in [0.717, 1.165) is 16.7 Å². The third-order valence-electron chi connectivity index (χ3n) is 3.00. The van der Waals surface area contributed by atoms with Gasteiger partial charge in [-0.2, -0.15) is 0 Å². The number of anilines is 1. The Kier molecular flexibility index (Phi) is 6.95. The lowest BCUT2D eigenvalue weighted by Crippen LogP contribution is -2.16. The third-order valence-corrected chi connectivity index (χ3v) is 3.00. The van der Waals surface area contributed by atoms with Crippen molar-refractivity contribution in [2.75, 3.05) is 12.8 Å². The lowest BCUT2D eigenvalue weighted by molar-refractivity contribution is -0.274. The Hall–Kier alpha value is -2.37. The predicted octanol–water partition coefficient (Wildman–Crippen LogP) is 5.57. The second kappa shape index (κ2) is 8.47. The molecular formula is C18H22F3NO2. The van der Waals surface area contributed by atoms with Crippen LogP contribution in [0.15, 0.2) is 36.4 Å². The molecule has 0 fully saturated rings. The number of alkyl halides is 3. The van der Waals surface area contributed by atoms with Crippen molar-refractivity contribution in [3.63, 3.8) is 0 Å². The molecule has 0 aliphatic heterocycles. The summed E-state index contributed by atoms with van der Waals surface area (Å²) in [7, 11) is 1.53. The maximum absolute atomic E-state index is 12.1. The van der Waals surface area contributed by atoms with Gasteiger partial charge in [-0.1, -0.05) is 32.4 Å². The molecule has 0 aliphatic carbocycles. The van der Waals surface area contributed by atoms with Crippen molar-refractivity contribution >= 4 is 5.69 Å². The lowest BCUT2D eigenvalue weighted by Gasteiger charge is -2.13. The van der Waals surface area contributed by atoms with E-state index in [1.165, 1.54) is 25.7 Å². The van der Waals surface area contributed by atoms with Gasteiger partial charge in [0, 0.05) is 11.8 Å². The number of nitrogen functional groups attached to an aromatic ring is 1. The maximum Gasteiger partial charge on any atom is 0.573 e. The summed E-state index contributed by atoms with van der Waals surface area (Å²) in [5, 5.41) is 0. The molecule has 3 nitrogen and oxygen atoms in total. The van der Waals surface area contributed by atoms with Gasteiger partial charge >= 0.3 is 6.36 Å². The molecule has 0 atom stereocenters. The molecule has 24 heavy (non-hydrogen) atoms. The topological polar surface area (TPSA) is 44.5 Å². The molecule has 0 aliphatic rings. The Balaban J connectivity index is 0.000000891. The Morgan fingerprint density at radius 2 is 1.58 bits per heavy atom. The van der Waals surface area contributed by atoms with Gasteiger partial charge in [-0.15, -0.1) is 13.2 Å². The van der Waals surface area contributed by atoms with Gasteiger partial charge in [0.15, 0.2) is 0 Å². The zero-order valence-electron chi connectivity index (χ0n) is 14.2. The Morgan fingerprint density at radius 3 is 2.04 bits per heavy atom. The SMILES string of the molecule is CCC.COc1cc(N)cc(-c2ccc(OC(F)(F)F)cc2)c1C. The molecule has 0 amide bonds.